The largest absolute Gasteiger partial charge is 0.497 e. The van der Waals surface area contributed by atoms with E-state index < -0.39 is 0 Å². The highest BCUT2D eigenvalue weighted by Gasteiger charge is 2.26. The average molecular weight is 445 g/mol. The minimum absolute atomic E-state index is 0.0816. The van der Waals surface area contributed by atoms with E-state index in [-0.39, 0.29) is 30.0 Å². The van der Waals surface area contributed by atoms with E-state index in [4.69, 9.17) is 4.74 Å². The molecule has 33 heavy (non-hydrogen) atoms. The van der Waals surface area contributed by atoms with Crippen LogP contribution in [0.25, 0.3) is 21.7 Å². The van der Waals surface area contributed by atoms with Crippen molar-refractivity contribution < 1.29 is 9.53 Å². The smallest absolute Gasteiger partial charge is 0.274 e. The van der Waals surface area contributed by atoms with Crippen molar-refractivity contribution in [1.29, 1.82) is 0 Å². The molecule has 0 saturated carbocycles. The number of H-pyrrole nitrogens is 1. The van der Waals surface area contributed by atoms with Gasteiger partial charge in [0.05, 0.1) is 36.7 Å². The molecule has 4 aromatic rings. The van der Waals surface area contributed by atoms with Crippen LogP contribution in [0.15, 0.2) is 47.3 Å². The van der Waals surface area contributed by atoms with Crippen LogP contribution < -0.4 is 15.6 Å². The number of nitrogens with one attached hydrogen (secondary N) is 2. The van der Waals surface area contributed by atoms with Crippen molar-refractivity contribution in [3.63, 3.8) is 0 Å². The van der Waals surface area contributed by atoms with Crippen molar-refractivity contribution in [2.45, 2.75) is 51.6 Å². The molecule has 2 N–H and O–H groups in total. The van der Waals surface area contributed by atoms with Crippen LogP contribution in [0.5, 0.6) is 5.75 Å². The number of carbonyl (C=O) groups excluding carboxylic acids is 1. The molecule has 0 bridgehead atoms. The van der Waals surface area contributed by atoms with Crippen molar-refractivity contribution in [2.24, 2.45) is 0 Å². The molecule has 1 amide bonds. The number of aromatic amines is 1. The van der Waals surface area contributed by atoms with Gasteiger partial charge in [0.1, 0.15) is 5.75 Å². The number of methoxy groups -OCH3 is 1. The van der Waals surface area contributed by atoms with Crippen molar-refractivity contribution in [3.8, 4) is 5.75 Å². The molecule has 1 aliphatic carbocycles. The van der Waals surface area contributed by atoms with Gasteiger partial charge in [0.2, 0.25) is 5.91 Å². The second kappa shape index (κ2) is 8.39. The summed E-state index contributed by atoms with van der Waals surface area (Å²) < 4.78 is 6.86. The molecule has 170 valence electrons. The Kier molecular flexibility index (Phi) is 5.40. The highest BCUT2D eigenvalue weighted by molar-refractivity contribution is 5.89. The molecular weight excluding hydrogens is 416 g/mol. The highest BCUT2D eigenvalue weighted by atomic mass is 16.5. The van der Waals surface area contributed by atoms with Crippen molar-refractivity contribution >= 4 is 27.6 Å². The van der Waals surface area contributed by atoms with Crippen molar-refractivity contribution in [3.05, 3.63) is 69.8 Å². The topological polar surface area (TPSA) is 89.0 Å². The number of benzene rings is 2. The Labute approximate surface area is 191 Å². The molecule has 0 fully saturated rings. The first-order valence-electron chi connectivity index (χ1n) is 11.4. The zero-order valence-corrected chi connectivity index (χ0v) is 19.1. The molecule has 2 aromatic heterocycles. The standard InChI is InChI=1S/C26H28N4O3/c1-15(2)30-26(32)19-8-5-4-7-17(19)23(29-30)14-24(31)27-22-10-6-9-18-20-13-16(33-3)11-12-21(20)28-25(18)22/h4-5,7-8,11-13,15,22,28H,6,9-10,14H2,1-3H3,(H,27,31)/t22-/m1/s1. The Morgan fingerprint density at radius 2 is 2.00 bits per heavy atom. The van der Waals surface area contributed by atoms with Gasteiger partial charge in [-0.3, -0.25) is 9.59 Å². The molecule has 0 aliphatic heterocycles. The summed E-state index contributed by atoms with van der Waals surface area (Å²) in [5.74, 6) is 0.726. The number of aryl methyl sites for hydroxylation is 1. The number of nitrogens with zero attached hydrogens (tertiary/aromatic N) is 2. The molecule has 1 atom stereocenters. The fraction of sp³-hybridized carbons (Fsp3) is 0.346. The Morgan fingerprint density at radius 1 is 1.21 bits per heavy atom. The van der Waals surface area contributed by atoms with Crippen LogP contribution in [0.3, 0.4) is 0 Å². The van der Waals surface area contributed by atoms with Crippen LogP contribution in [0.4, 0.5) is 0 Å². The maximum absolute atomic E-state index is 13.1. The number of amides is 1. The lowest BCUT2D eigenvalue weighted by atomic mass is 9.91. The predicted molar refractivity (Wildman–Crippen MR) is 129 cm³/mol. The van der Waals surface area contributed by atoms with E-state index in [9.17, 15) is 9.59 Å². The van der Waals surface area contributed by atoms with Gasteiger partial charge in [-0.1, -0.05) is 18.2 Å². The third kappa shape index (κ3) is 3.77. The zero-order chi connectivity index (χ0) is 23.1. The first kappa shape index (κ1) is 21.2. The molecule has 2 aromatic carbocycles. The molecule has 7 nitrogen and oxygen atoms in total. The molecule has 0 unspecified atom stereocenters. The highest BCUT2D eigenvalue weighted by Crippen LogP contribution is 2.36. The lowest BCUT2D eigenvalue weighted by Gasteiger charge is -2.24. The zero-order valence-electron chi connectivity index (χ0n) is 19.1. The van der Waals surface area contributed by atoms with E-state index in [0.717, 1.165) is 47.0 Å². The van der Waals surface area contributed by atoms with Crippen LogP contribution in [0.1, 0.15) is 55.7 Å². The maximum atomic E-state index is 13.1. The normalized spacial score (nSPS) is 15.7. The summed E-state index contributed by atoms with van der Waals surface area (Å²) in [6, 6.07) is 13.2. The first-order chi connectivity index (χ1) is 16.0. The fourth-order valence-corrected chi connectivity index (χ4v) is 4.87. The van der Waals surface area contributed by atoms with Gasteiger partial charge in [-0.25, -0.2) is 4.68 Å². The number of aromatic nitrogens is 3. The van der Waals surface area contributed by atoms with Gasteiger partial charge < -0.3 is 15.0 Å². The minimum Gasteiger partial charge on any atom is -0.497 e. The van der Waals surface area contributed by atoms with Crippen LogP contribution in [0, 0.1) is 0 Å². The number of ether oxygens (including phenoxy) is 1. The lowest BCUT2D eigenvalue weighted by molar-refractivity contribution is -0.121. The van der Waals surface area contributed by atoms with Gasteiger partial charge in [-0.05, 0) is 62.9 Å². The Balaban J connectivity index is 1.45. The summed E-state index contributed by atoms with van der Waals surface area (Å²) in [5.41, 5.74) is 3.86. The molecule has 1 aliphatic rings. The van der Waals surface area contributed by atoms with Gasteiger partial charge >= 0.3 is 0 Å². The van der Waals surface area contributed by atoms with Crippen LogP contribution >= 0.6 is 0 Å². The molecule has 7 heteroatoms. The van der Waals surface area contributed by atoms with Crippen LogP contribution in [-0.2, 0) is 17.6 Å². The van der Waals surface area contributed by atoms with E-state index in [1.54, 1.807) is 13.2 Å². The number of fused-ring (bicyclic) bond motifs is 4. The fourth-order valence-electron chi connectivity index (χ4n) is 4.87. The van der Waals surface area contributed by atoms with E-state index >= 15 is 0 Å². The van der Waals surface area contributed by atoms with Crippen LogP contribution in [-0.4, -0.2) is 27.8 Å². The number of rotatable bonds is 5. The maximum Gasteiger partial charge on any atom is 0.274 e. The molecule has 0 radical (unpaired) electrons. The summed E-state index contributed by atoms with van der Waals surface area (Å²) in [6.45, 7) is 3.84. The average Bonchev–Trinajstić information content (AvgIpc) is 3.19. The van der Waals surface area contributed by atoms with Gasteiger partial charge in [0.25, 0.3) is 5.56 Å². The summed E-state index contributed by atoms with van der Waals surface area (Å²) in [7, 11) is 1.67. The van der Waals surface area contributed by atoms with E-state index in [2.05, 4.69) is 21.5 Å². The second-order valence-corrected chi connectivity index (χ2v) is 8.95. The summed E-state index contributed by atoms with van der Waals surface area (Å²) in [6.07, 6.45) is 2.97. The number of carbonyl (C=O) groups is 1. The van der Waals surface area contributed by atoms with Gasteiger partial charge in [0.15, 0.2) is 0 Å². The third-order valence-corrected chi connectivity index (χ3v) is 6.47. The summed E-state index contributed by atoms with van der Waals surface area (Å²) in [4.78, 5) is 29.4. The lowest BCUT2D eigenvalue weighted by Crippen LogP contribution is -2.33. The van der Waals surface area contributed by atoms with Gasteiger partial charge in [0, 0.05) is 22.0 Å². The van der Waals surface area contributed by atoms with E-state index in [1.807, 2.05) is 44.2 Å². The molecule has 2 heterocycles. The quantitative estimate of drug-likeness (QED) is 0.483. The predicted octanol–water partition coefficient (Wildman–Crippen LogP) is 4.20. The third-order valence-electron chi connectivity index (χ3n) is 6.47. The molecule has 0 saturated heterocycles. The van der Waals surface area contributed by atoms with Crippen molar-refractivity contribution in [2.75, 3.05) is 7.11 Å². The molecule has 0 spiro atoms. The Morgan fingerprint density at radius 3 is 2.76 bits per heavy atom. The molecular formula is C26H28N4O3. The van der Waals surface area contributed by atoms with Gasteiger partial charge in [-0.2, -0.15) is 5.10 Å². The number of hydrogen-bond donors (Lipinski definition) is 2. The van der Waals surface area contributed by atoms with E-state index in [1.165, 1.54) is 10.2 Å². The summed E-state index contributed by atoms with van der Waals surface area (Å²) >= 11 is 0. The monoisotopic (exact) mass is 444 g/mol. The second-order valence-electron chi connectivity index (χ2n) is 8.95. The minimum atomic E-state index is -0.129. The number of hydrogen-bond acceptors (Lipinski definition) is 4. The SMILES string of the molecule is COc1ccc2[nH]c3c(c2c1)CCC[C@H]3NC(=O)Cc1nn(C(C)C)c(=O)c2ccccc12. The van der Waals surface area contributed by atoms with Crippen LogP contribution in [0.2, 0.25) is 0 Å². The Hall–Kier alpha value is -3.61. The molecule has 5 rings (SSSR count). The summed E-state index contributed by atoms with van der Waals surface area (Å²) in [5, 5.41) is 10.2. The first-order valence-corrected chi connectivity index (χ1v) is 11.4. The van der Waals surface area contributed by atoms with Crippen molar-refractivity contribution in [1.82, 2.24) is 20.1 Å². The van der Waals surface area contributed by atoms with E-state index in [0.29, 0.717) is 11.1 Å². The Bertz CT molecular complexity index is 1420. The van der Waals surface area contributed by atoms with Gasteiger partial charge in [-0.15, -0.1) is 0 Å².